The van der Waals surface area contributed by atoms with E-state index in [1.54, 1.807) is 28.4 Å². The number of nitrogens with zero attached hydrogens (tertiary/aromatic N) is 2. The average Bonchev–Trinajstić information content (AvgIpc) is 3.97. The minimum Gasteiger partial charge on any atom is -0.497 e. The predicted molar refractivity (Wildman–Crippen MR) is 220 cm³/mol. The van der Waals surface area contributed by atoms with Crippen molar-refractivity contribution >= 4 is 11.8 Å². The molecule has 6 atom stereocenters. The SMILES string of the molecule is COC1=C([C@@]2(C)CCCC2(C)C)C=C(CO)/C(=C2/C(CO)=CC([C@@]3(C)CCCC3(C)C)=C(OC)C2(OC)C2=N[C@H](C(C)C)CO2)C1(OC)C1=N[C@H](C(C)C)CO1. The number of hydrogen-bond donors (Lipinski definition) is 2. The highest BCUT2D eigenvalue weighted by atomic mass is 16.6. The fourth-order valence-corrected chi connectivity index (χ4v) is 10.7. The summed E-state index contributed by atoms with van der Waals surface area (Å²) in [6, 6.07) is -0.281. The van der Waals surface area contributed by atoms with Crippen molar-refractivity contribution in [1.82, 2.24) is 0 Å². The Morgan fingerprint density at radius 1 is 0.625 bits per heavy atom. The van der Waals surface area contributed by atoms with E-state index in [0.29, 0.717) is 58.8 Å². The van der Waals surface area contributed by atoms with Gasteiger partial charge in [-0.05, 0) is 71.6 Å². The fourth-order valence-electron chi connectivity index (χ4n) is 10.7. The van der Waals surface area contributed by atoms with E-state index in [9.17, 15) is 10.2 Å². The molecule has 0 aromatic rings. The lowest BCUT2D eigenvalue weighted by molar-refractivity contribution is 0.0197. The molecule has 2 heterocycles. The van der Waals surface area contributed by atoms with E-state index in [1.807, 2.05) is 0 Å². The van der Waals surface area contributed by atoms with Crippen molar-refractivity contribution in [1.29, 1.82) is 0 Å². The number of aliphatic imine (C=N–C) groups is 2. The van der Waals surface area contributed by atoms with Gasteiger partial charge in [-0.2, -0.15) is 0 Å². The molecule has 2 aliphatic heterocycles. The Bertz CT molecular complexity index is 1670. The second kappa shape index (κ2) is 15.0. The van der Waals surface area contributed by atoms with Crippen molar-refractivity contribution < 1.29 is 38.6 Å². The van der Waals surface area contributed by atoms with Gasteiger partial charge in [0.1, 0.15) is 24.7 Å². The molecule has 10 heteroatoms. The normalized spacial score (nSPS) is 36.8. The van der Waals surface area contributed by atoms with Gasteiger partial charge in [-0.3, -0.25) is 0 Å². The molecule has 2 N–H and O–H groups in total. The maximum Gasteiger partial charge on any atom is 0.230 e. The van der Waals surface area contributed by atoms with E-state index in [-0.39, 0.29) is 58.8 Å². The summed E-state index contributed by atoms with van der Waals surface area (Å²) in [6.07, 6.45) is 10.2. The van der Waals surface area contributed by atoms with Gasteiger partial charge in [0.05, 0.1) is 39.5 Å². The summed E-state index contributed by atoms with van der Waals surface area (Å²) in [5, 5.41) is 23.5. The molecule has 6 aliphatic rings. The molecule has 0 bridgehead atoms. The molecule has 2 fully saturated rings. The number of rotatable bonds is 12. The zero-order chi connectivity index (χ0) is 41.2. The van der Waals surface area contributed by atoms with E-state index in [0.717, 1.165) is 49.7 Å². The molecule has 2 unspecified atom stereocenters. The van der Waals surface area contributed by atoms with Gasteiger partial charge in [-0.1, -0.05) is 82.1 Å². The largest absolute Gasteiger partial charge is 0.497 e. The zero-order valence-corrected chi connectivity index (χ0v) is 36.8. The lowest BCUT2D eigenvalue weighted by Gasteiger charge is -2.50. The first kappa shape index (κ1) is 42.7. The summed E-state index contributed by atoms with van der Waals surface area (Å²) >= 11 is 0. The van der Waals surface area contributed by atoms with Crippen LogP contribution in [0.5, 0.6) is 0 Å². The van der Waals surface area contributed by atoms with E-state index >= 15 is 0 Å². The Kier molecular flexibility index (Phi) is 11.5. The second-order valence-corrected chi connectivity index (χ2v) is 19.3. The van der Waals surface area contributed by atoms with Crippen LogP contribution in [0.3, 0.4) is 0 Å². The van der Waals surface area contributed by atoms with Crippen LogP contribution in [0, 0.1) is 33.5 Å². The van der Waals surface area contributed by atoms with Crippen LogP contribution in [-0.2, 0) is 28.4 Å². The van der Waals surface area contributed by atoms with E-state index in [4.69, 9.17) is 38.4 Å². The highest BCUT2D eigenvalue weighted by molar-refractivity contribution is 6.01. The highest BCUT2D eigenvalue weighted by Gasteiger charge is 2.64. The minimum absolute atomic E-state index is 0.105. The van der Waals surface area contributed by atoms with Gasteiger partial charge in [0.25, 0.3) is 0 Å². The molecule has 4 aliphatic carbocycles. The Morgan fingerprint density at radius 3 is 1.21 bits per heavy atom. The minimum atomic E-state index is -1.61. The van der Waals surface area contributed by atoms with Gasteiger partial charge in [0, 0.05) is 47.3 Å². The third kappa shape index (κ3) is 5.92. The molecular formula is C46H70N2O8. The molecule has 10 nitrogen and oxygen atoms in total. The van der Waals surface area contributed by atoms with Crippen LogP contribution in [0.2, 0.25) is 0 Å². The van der Waals surface area contributed by atoms with E-state index in [2.05, 4.69) is 81.4 Å². The van der Waals surface area contributed by atoms with Gasteiger partial charge in [0.2, 0.25) is 23.0 Å². The summed E-state index contributed by atoms with van der Waals surface area (Å²) in [5.74, 6) is 2.12. The van der Waals surface area contributed by atoms with Crippen LogP contribution in [-0.4, -0.2) is 100 Å². The summed E-state index contributed by atoms with van der Waals surface area (Å²) in [5.41, 5.74) is -0.104. The predicted octanol–water partition coefficient (Wildman–Crippen LogP) is 8.06. The number of aliphatic hydroxyl groups excluding tert-OH is 2. The zero-order valence-electron chi connectivity index (χ0n) is 36.8. The Labute approximate surface area is 336 Å². The van der Waals surface area contributed by atoms with Crippen LogP contribution in [0.1, 0.15) is 108 Å². The van der Waals surface area contributed by atoms with Gasteiger partial charge in [0.15, 0.2) is 0 Å². The molecule has 0 radical (unpaired) electrons. The van der Waals surface area contributed by atoms with E-state index in [1.165, 1.54) is 0 Å². The molecule has 0 saturated heterocycles. The van der Waals surface area contributed by atoms with Crippen LogP contribution >= 0.6 is 0 Å². The number of ether oxygens (including phenoxy) is 6. The van der Waals surface area contributed by atoms with Crippen molar-refractivity contribution in [3.63, 3.8) is 0 Å². The van der Waals surface area contributed by atoms with E-state index < -0.39 is 11.2 Å². The van der Waals surface area contributed by atoms with Gasteiger partial charge in [-0.15, -0.1) is 0 Å². The number of hydrogen-bond acceptors (Lipinski definition) is 10. The summed E-state index contributed by atoms with van der Waals surface area (Å²) < 4.78 is 40.6. The molecule has 6 rings (SSSR count). The Hall–Kier alpha value is -2.92. The van der Waals surface area contributed by atoms with Gasteiger partial charge >= 0.3 is 0 Å². The molecular weight excluding hydrogens is 709 g/mol. The second-order valence-electron chi connectivity index (χ2n) is 19.3. The van der Waals surface area contributed by atoms with Crippen molar-refractivity contribution in [3.05, 3.63) is 57.1 Å². The van der Waals surface area contributed by atoms with Crippen molar-refractivity contribution in [2.24, 2.45) is 43.5 Å². The van der Waals surface area contributed by atoms with Crippen molar-refractivity contribution in [2.45, 2.75) is 131 Å². The molecule has 56 heavy (non-hydrogen) atoms. The standard InChI is InChI=1S/C46H70N2O8/c1-27(2)33-25-55-39(47-33)45(53-13)35(29(23-49)21-31(37(45)51-11)43(9)19-15-17-41(43,5)6)36-30(24-50)22-32(44(10)20-16-18-42(44,7)8)38(52-12)46(36,54-14)40-48-34(26-56-40)28(3)4/h21-22,27-28,33-34,49-50H,15-20,23-26H2,1-14H3/b36-35+/t33-,34-,43+,44+,45?,46?/m0/s1. The topological polar surface area (TPSA) is 121 Å². The van der Waals surface area contributed by atoms with Gasteiger partial charge < -0.3 is 38.6 Å². The Morgan fingerprint density at radius 2 is 0.982 bits per heavy atom. The molecule has 312 valence electrons. The number of methoxy groups -OCH3 is 4. The van der Waals surface area contributed by atoms with Crippen LogP contribution in [0.25, 0.3) is 0 Å². The maximum absolute atomic E-state index is 11.7. The fraction of sp³-hybridized carbons (Fsp3) is 0.739. The summed E-state index contributed by atoms with van der Waals surface area (Å²) in [4.78, 5) is 10.6. The lowest BCUT2D eigenvalue weighted by atomic mass is 9.58. The molecule has 0 aromatic heterocycles. The molecule has 2 saturated carbocycles. The molecule has 0 spiro atoms. The lowest BCUT2D eigenvalue weighted by Crippen LogP contribution is -2.56. The van der Waals surface area contributed by atoms with Gasteiger partial charge in [-0.25, -0.2) is 9.98 Å². The number of aliphatic hydroxyl groups is 2. The maximum atomic E-state index is 11.7. The molecule has 0 amide bonds. The average molecular weight is 779 g/mol. The first-order valence-corrected chi connectivity index (χ1v) is 20.8. The number of allylic oxidation sites excluding steroid dienone is 4. The first-order chi connectivity index (χ1) is 26.3. The van der Waals surface area contributed by atoms with Crippen LogP contribution < -0.4 is 0 Å². The summed E-state index contributed by atoms with van der Waals surface area (Å²) in [6.45, 7) is 22.3. The monoisotopic (exact) mass is 779 g/mol. The first-order valence-electron chi connectivity index (χ1n) is 20.8. The smallest absolute Gasteiger partial charge is 0.230 e. The third-order valence-electron chi connectivity index (χ3n) is 15.3. The van der Waals surface area contributed by atoms with Crippen LogP contribution in [0.4, 0.5) is 0 Å². The molecule has 0 aromatic carbocycles. The van der Waals surface area contributed by atoms with Crippen molar-refractivity contribution in [3.8, 4) is 0 Å². The quantitative estimate of drug-likeness (QED) is 0.204. The summed E-state index contributed by atoms with van der Waals surface area (Å²) in [7, 11) is 6.64. The van der Waals surface area contributed by atoms with Crippen molar-refractivity contribution in [2.75, 3.05) is 54.9 Å². The Balaban J connectivity index is 1.84. The highest BCUT2D eigenvalue weighted by Crippen LogP contribution is 2.64. The third-order valence-corrected chi connectivity index (χ3v) is 15.3. The van der Waals surface area contributed by atoms with Crippen LogP contribution in [0.15, 0.2) is 67.1 Å².